The fourth-order valence-corrected chi connectivity index (χ4v) is 4.03. The van der Waals surface area contributed by atoms with Crippen LogP contribution in [0.25, 0.3) is 10.9 Å². The van der Waals surface area contributed by atoms with E-state index in [-0.39, 0.29) is 5.91 Å². The number of halogens is 1. The zero-order valence-corrected chi connectivity index (χ0v) is 13.8. The van der Waals surface area contributed by atoms with Gasteiger partial charge in [0, 0.05) is 30.2 Å². The van der Waals surface area contributed by atoms with Gasteiger partial charge in [-0.15, -0.1) is 0 Å². The van der Waals surface area contributed by atoms with Crippen molar-refractivity contribution in [2.24, 2.45) is 7.05 Å². The molecule has 2 aromatic carbocycles. The Morgan fingerprint density at radius 3 is 2.64 bits per heavy atom. The first-order valence-corrected chi connectivity index (χ1v) is 8.10. The molecule has 0 atom stereocenters. The standard InChI is InChI=1S/C18H15BrN2O/c1-20-15-9-5-3-7-13(15)16(19)17(20)18(22)21-11-10-12-6-2-4-8-14(12)21/h2-9H,10-11H2,1H3. The Morgan fingerprint density at radius 1 is 1.09 bits per heavy atom. The number of anilines is 1. The summed E-state index contributed by atoms with van der Waals surface area (Å²) >= 11 is 3.62. The van der Waals surface area contributed by atoms with Crippen molar-refractivity contribution in [3.05, 3.63) is 64.3 Å². The summed E-state index contributed by atoms with van der Waals surface area (Å²) in [5.74, 6) is 0.0514. The number of aryl methyl sites for hydroxylation is 1. The van der Waals surface area contributed by atoms with Crippen LogP contribution in [-0.4, -0.2) is 17.0 Å². The SMILES string of the molecule is Cn1c(C(=O)N2CCc3ccccc32)c(Br)c2ccccc21. The van der Waals surface area contributed by atoms with Gasteiger partial charge in [0.15, 0.2) is 0 Å². The number of aromatic nitrogens is 1. The maximum atomic E-state index is 13.1. The fraction of sp³-hybridized carbons (Fsp3) is 0.167. The number of benzene rings is 2. The lowest BCUT2D eigenvalue weighted by Gasteiger charge is -2.18. The summed E-state index contributed by atoms with van der Waals surface area (Å²) < 4.78 is 2.85. The highest BCUT2D eigenvalue weighted by molar-refractivity contribution is 9.10. The minimum Gasteiger partial charge on any atom is -0.339 e. The van der Waals surface area contributed by atoms with Crippen LogP contribution in [0.1, 0.15) is 16.1 Å². The molecule has 0 aliphatic carbocycles. The van der Waals surface area contributed by atoms with E-state index in [0.29, 0.717) is 5.69 Å². The van der Waals surface area contributed by atoms with Crippen LogP contribution in [0.5, 0.6) is 0 Å². The van der Waals surface area contributed by atoms with Gasteiger partial charge in [-0.25, -0.2) is 0 Å². The molecule has 0 spiro atoms. The topological polar surface area (TPSA) is 25.2 Å². The molecule has 1 aliphatic rings. The van der Waals surface area contributed by atoms with Crippen molar-refractivity contribution in [1.82, 2.24) is 4.57 Å². The zero-order valence-electron chi connectivity index (χ0n) is 12.2. The molecule has 3 nitrogen and oxygen atoms in total. The number of hydrogen-bond acceptors (Lipinski definition) is 1. The molecule has 0 saturated carbocycles. The second kappa shape index (κ2) is 4.99. The van der Waals surface area contributed by atoms with Gasteiger partial charge in [0.05, 0.1) is 4.47 Å². The van der Waals surface area contributed by atoms with Crippen LogP contribution in [0.3, 0.4) is 0 Å². The van der Waals surface area contributed by atoms with E-state index in [1.165, 1.54) is 5.56 Å². The first-order valence-electron chi connectivity index (χ1n) is 7.31. The maximum Gasteiger partial charge on any atom is 0.276 e. The summed E-state index contributed by atoms with van der Waals surface area (Å²) in [5.41, 5.74) is 4.04. The highest BCUT2D eigenvalue weighted by Crippen LogP contribution is 2.34. The molecule has 110 valence electrons. The van der Waals surface area contributed by atoms with Gasteiger partial charge < -0.3 is 9.47 Å². The molecule has 4 heteroatoms. The number of carbonyl (C=O) groups is 1. The molecule has 0 unspecified atom stereocenters. The second-order valence-electron chi connectivity index (χ2n) is 5.57. The third kappa shape index (κ3) is 1.83. The molecule has 3 aromatic rings. The highest BCUT2D eigenvalue weighted by Gasteiger charge is 2.29. The Labute approximate surface area is 137 Å². The van der Waals surface area contributed by atoms with E-state index in [0.717, 1.165) is 34.0 Å². The summed E-state index contributed by atoms with van der Waals surface area (Å²) in [5, 5.41) is 1.07. The average molecular weight is 355 g/mol. The van der Waals surface area contributed by atoms with E-state index in [9.17, 15) is 4.79 Å². The van der Waals surface area contributed by atoms with Crippen molar-refractivity contribution in [3.8, 4) is 0 Å². The van der Waals surface area contributed by atoms with Crippen molar-refractivity contribution in [1.29, 1.82) is 0 Å². The third-order valence-electron chi connectivity index (χ3n) is 4.38. The number of para-hydroxylation sites is 2. The molecule has 0 radical (unpaired) electrons. The minimum absolute atomic E-state index is 0.0514. The van der Waals surface area contributed by atoms with Crippen molar-refractivity contribution in [3.63, 3.8) is 0 Å². The van der Waals surface area contributed by atoms with Crippen LogP contribution in [0.4, 0.5) is 5.69 Å². The number of rotatable bonds is 1. The van der Waals surface area contributed by atoms with Crippen LogP contribution in [-0.2, 0) is 13.5 Å². The van der Waals surface area contributed by atoms with E-state index in [1.54, 1.807) is 0 Å². The van der Waals surface area contributed by atoms with Crippen LogP contribution < -0.4 is 4.90 Å². The smallest absolute Gasteiger partial charge is 0.276 e. The Morgan fingerprint density at radius 2 is 1.82 bits per heavy atom. The second-order valence-corrected chi connectivity index (χ2v) is 6.37. The van der Waals surface area contributed by atoms with E-state index in [4.69, 9.17) is 0 Å². The van der Waals surface area contributed by atoms with Gasteiger partial charge >= 0.3 is 0 Å². The number of fused-ring (bicyclic) bond motifs is 2. The van der Waals surface area contributed by atoms with Gasteiger partial charge in [-0.1, -0.05) is 36.4 Å². The van der Waals surface area contributed by atoms with Crippen LogP contribution in [0, 0.1) is 0 Å². The molecule has 0 fully saturated rings. The molecule has 2 heterocycles. The van der Waals surface area contributed by atoms with Crippen LogP contribution in [0.15, 0.2) is 53.0 Å². The van der Waals surface area contributed by atoms with Gasteiger partial charge in [-0.3, -0.25) is 4.79 Å². The van der Waals surface area contributed by atoms with Crippen LogP contribution in [0.2, 0.25) is 0 Å². The Balaban J connectivity index is 1.85. The van der Waals surface area contributed by atoms with Crippen molar-refractivity contribution >= 4 is 38.4 Å². The average Bonchev–Trinajstić information content (AvgIpc) is 3.08. The van der Waals surface area contributed by atoms with Crippen molar-refractivity contribution in [2.45, 2.75) is 6.42 Å². The quantitative estimate of drug-likeness (QED) is 0.644. The molecule has 1 amide bonds. The molecule has 0 saturated heterocycles. The van der Waals surface area contributed by atoms with Crippen molar-refractivity contribution in [2.75, 3.05) is 11.4 Å². The van der Waals surface area contributed by atoms with Crippen molar-refractivity contribution < 1.29 is 4.79 Å². The molecular formula is C18H15BrN2O. The predicted octanol–water partition coefficient (Wildman–Crippen LogP) is 4.14. The minimum atomic E-state index is 0.0514. The lowest BCUT2D eigenvalue weighted by atomic mass is 10.2. The van der Waals surface area contributed by atoms with Gasteiger partial charge in [0.25, 0.3) is 5.91 Å². The molecule has 1 aromatic heterocycles. The van der Waals surface area contributed by atoms with Gasteiger partial charge in [0.2, 0.25) is 0 Å². The van der Waals surface area contributed by atoms with Gasteiger partial charge in [-0.2, -0.15) is 0 Å². The third-order valence-corrected chi connectivity index (χ3v) is 5.18. The van der Waals surface area contributed by atoms with Gasteiger partial charge in [0.1, 0.15) is 5.69 Å². The lowest BCUT2D eigenvalue weighted by Crippen LogP contribution is -2.30. The maximum absolute atomic E-state index is 13.1. The van der Waals surface area contributed by atoms with Crippen LogP contribution >= 0.6 is 15.9 Å². The first kappa shape index (κ1) is 13.6. The normalized spacial score (nSPS) is 13.6. The number of carbonyl (C=O) groups excluding carboxylic acids is 1. The summed E-state index contributed by atoms with van der Waals surface area (Å²) in [6, 6.07) is 16.2. The van der Waals surface area contributed by atoms with E-state index < -0.39 is 0 Å². The Hall–Kier alpha value is -2.07. The molecule has 4 rings (SSSR count). The Kier molecular flexibility index (Phi) is 3.08. The zero-order chi connectivity index (χ0) is 15.3. The number of hydrogen-bond donors (Lipinski definition) is 0. The highest BCUT2D eigenvalue weighted by atomic mass is 79.9. The molecular weight excluding hydrogens is 340 g/mol. The monoisotopic (exact) mass is 354 g/mol. The summed E-state index contributed by atoms with van der Waals surface area (Å²) in [4.78, 5) is 15.0. The van der Waals surface area contributed by atoms with E-state index in [2.05, 4.69) is 22.0 Å². The molecule has 1 aliphatic heterocycles. The largest absolute Gasteiger partial charge is 0.339 e. The summed E-state index contributed by atoms with van der Waals surface area (Å²) in [6.07, 6.45) is 0.920. The van der Waals surface area contributed by atoms with E-state index in [1.807, 2.05) is 59.0 Å². The summed E-state index contributed by atoms with van der Waals surface area (Å²) in [7, 11) is 1.95. The predicted molar refractivity (Wildman–Crippen MR) is 92.4 cm³/mol. The number of nitrogens with zero attached hydrogens (tertiary/aromatic N) is 2. The molecule has 0 bridgehead atoms. The molecule has 0 N–H and O–H groups in total. The summed E-state index contributed by atoms with van der Waals surface area (Å²) in [6.45, 7) is 0.742. The molecule has 22 heavy (non-hydrogen) atoms. The van der Waals surface area contributed by atoms with E-state index >= 15 is 0 Å². The first-order chi connectivity index (χ1) is 10.7. The van der Waals surface area contributed by atoms with Gasteiger partial charge in [-0.05, 0) is 40.0 Å². The number of amides is 1. The fourth-order valence-electron chi connectivity index (χ4n) is 3.26. The lowest BCUT2D eigenvalue weighted by molar-refractivity contribution is 0.0981. The Bertz CT molecular complexity index is 858.